The van der Waals surface area contributed by atoms with Crippen LogP contribution in [0.2, 0.25) is 5.02 Å². The van der Waals surface area contributed by atoms with Gasteiger partial charge in [-0.2, -0.15) is 0 Å². The zero-order valence-corrected chi connectivity index (χ0v) is 13.2. The van der Waals surface area contributed by atoms with Crippen LogP contribution in [0.5, 0.6) is 0 Å². The summed E-state index contributed by atoms with van der Waals surface area (Å²) in [6, 6.07) is 5.98. The smallest absolute Gasteiger partial charge is 0.141 e. The molecular weight excluding hydrogens is 285 g/mol. The largest absolute Gasteiger partial charge is 0.307 e. The lowest BCUT2D eigenvalue weighted by atomic mass is 9.79. The van der Waals surface area contributed by atoms with Crippen LogP contribution in [-0.2, 0) is 0 Å². The molecule has 6 atom stereocenters. The molecule has 1 N–H and O–H groups in total. The highest BCUT2D eigenvalue weighted by molar-refractivity contribution is 6.30. The second-order valence-electron chi connectivity index (χ2n) is 7.32. The van der Waals surface area contributed by atoms with Gasteiger partial charge in [0, 0.05) is 12.1 Å². The molecule has 0 saturated heterocycles. The average molecular weight is 308 g/mol. The summed E-state index contributed by atoms with van der Waals surface area (Å²) in [5.74, 6) is 3.51. The van der Waals surface area contributed by atoms with E-state index in [0.717, 1.165) is 29.2 Å². The van der Waals surface area contributed by atoms with Gasteiger partial charge < -0.3 is 5.32 Å². The van der Waals surface area contributed by atoms with E-state index in [1.165, 1.54) is 38.2 Å². The maximum absolute atomic E-state index is 13.3. The highest BCUT2D eigenvalue weighted by atomic mass is 35.5. The van der Waals surface area contributed by atoms with E-state index in [4.69, 9.17) is 11.6 Å². The third kappa shape index (κ3) is 2.31. The van der Waals surface area contributed by atoms with Gasteiger partial charge >= 0.3 is 0 Å². The fraction of sp³-hybridized carbons (Fsp3) is 0.667. The van der Waals surface area contributed by atoms with E-state index in [1.54, 1.807) is 6.07 Å². The topological polar surface area (TPSA) is 12.0 Å². The Morgan fingerprint density at radius 2 is 2.00 bits per heavy atom. The minimum Gasteiger partial charge on any atom is -0.307 e. The molecule has 114 valence electrons. The lowest BCUT2D eigenvalue weighted by Crippen LogP contribution is -2.40. The lowest BCUT2D eigenvalue weighted by Gasteiger charge is -2.34. The second kappa shape index (κ2) is 5.24. The van der Waals surface area contributed by atoms with Crippen molar-refractivity contribution in [3.05, 3.63) is 34.6 Å². The van der Waals surface area contributed by atoms with E-state index in [1.807, 2.05) is 6.07 Å². The summed E-state index contributed by atoms with van der Waals surface area (Å²) in [6.45, 7) is 2.17. The van der Waals surface area contributed by atoms with Gasteiger partial charge in [-0.3, -0.25) is 0 Å². The third-order valence-corrected chi connectivity index (χ3v) is 6.63. The molecular formula is C18H23ClFN. The van der Waals surface area contributed by atoms with Crippen LogP contribution in [0.1, 0.15) is 50.6 Å². The first-order valence-corrected chi connectivity index (χ1v) is 8.72. The fourth-order valence-electron chi connectivity index (χ4n) is 5.46. The molecule has 1 aromatic rings. The van der Waals surface area contributed by atoms with Crippen LogP contribution in [-0.4, -0.2) is 6.04 Å². The number of nitrogens with one attached hydrogen (secondary N) is 1. The zero-order valence-electron chi connectivity index (χ0n) is 12.5. The van der Waals surface area contributed by atoms with Gasteiger partial charge in [-0.25, -0.2) is 4.39 Å². The first kappa shape index (κ1) is 14.0. The van der Waals surface area contributed by atoms with Crippen molar-refractivity contribution < 1.29 is 4.39 Å². The van der Waals surface area contributed by atoms with Crippen LogP contribution in [0, 0.1) is 29.5 Å². The average Bonchev–Trinajstić information content (AvgIpc) is 3.13. The summed E-state index contributed by atoms with van der Waals surface area (Å²) in [5.41, 5.74) is 1.09. The molecule has 1 aromatic carbocycles. The second-order valence-corrected chi connectivity index (χ2v) is 7.73. The Hall–Kier alpha value is -0.600. The molecule has 0 spiro atoms. The maximum Gasteiger partial charge on any atom is 0.141 e. The summed E-state index contributed by atoms with van der Waals surface area (Å²) in [5, 5.41) is 4.03. The Labute approximate surface area is 131 Å². The van der Waals surface area contributed by atoms with Crippen LogP contribution < -0.4 is 5.32 Å². The highest BCUT2D eigenvalue weighted by Gasteiger charge is 2.53. The van der Waals surface area contributed by atoms with E-state index in [0.29, 0.717) is 6.04 Å². The number of halogens is 2. The van der Waals surface area contributed by atoms with Crippen molar-refractivity contribution in [1.29, 1.82) is 0 Å². The van der Waals surface area contributed by atoms with Crippen molar-refractivity contribution in [2.24, 2.45) is 23.7 Å². The number of fused-ring (bicyclic) bond motifs is 5. The highest BCUT2D eigenvalue weighted by Crippen LogP contribution is 2.58. The van der Waals surface area contributed by atoms with E-state index < -0.39 is 0 Å². The SMILES string of the molecule is CC(NC1CC2CC1C1CCCC21)c1ccc(F)c(Cl)c1. The Balaban J connectivity index is 1.45. The van der Waals surface area contributed by atoms with E-state index in [-0.39, 0.29) is 16.9 Å². The molecule has 6 unspecified atom stereocenters. The Kier molecular flexibility index (Phi) is 3.50. The van der Waals surface area contributed by atoms with Crippen molar-refractivity contribution >= 4 is 11.6 Å². The standard InChI is InChI=1S/C18H23ClFN/c1-10(11-5-6-17(20)16(19)8-11)21-18-9-12-7-15(18)14-4-2-3-13(12)14/h5-6,8,10,12-15,18,21H,2-4,7,9H2,1H3. The Morgan fingerprint density at radius 3 is 2.81 bits per heavy atom. The van der Waals surface area contributed by atoms with Crippen molar-refractivity contribution in [2.75, 3.05) is 0 Å². The third-order valence-electron chi connectivity index (χ3n) is 6.34. The minimum absolute atomic E-state index is 0.227. The van der Waals surface area contributed by atoms with Gasteiger partial charge in [-0.05, 0) is 74.0 Å². The van der Waals surface area contributed by atoms with Crippen molar-refractivity contribution in [3.63, 3.8) is 0 Å². The van der Waals surface area contributed by atoms with Crippen LogP contribution in [0.15, 0.2) is 18.2 Å². The number of rotatable bonds is 3. The molecule has 0 heterocycles. The molecule has 4 rings (SSSR count). The number of hydrogen-bond donors (Lipinski definition) is 1. The van der Waals surface area contributed by atoms with E-state index in [2.05, 4.69) is 12.2 Å². The summed E-state index contributed by atoms with van der Waals surface area (Å²) in [7, 11) is 0. The lowest BCUT2D eigenvalue weighted by molar-refractivity contribution is 0.200. The quantitative estimate of drug-likeness (QED) is 0.832. The molecule has 3 fully saturated rings. The molecule has 3 saturated carbocycles. The van der Waals surface area contributed by atoms with Crippen LogP contribution in [0.25, 0.3) is 0 Å². The minimum atomic E-state index is -0.332. The summed E-state index contributed by atoms with van der Waals surface area (Å²) in [6.07, 6.45) is 7.13. The predicted octanol–water partition coefficient (Wildman–Crippen LogP) is 4.95. The van der Waals surface area contributed by atoms with Gasteiger partial charge in [0.15, 0.2) is 0 Å². The van der Waals surface area contributed by atoms with Crippen LogP contribution >= 0.6 is 11.6 Å². The molecule has 3 heteroatoms. The summed E-state index contributed by atoms with van der Waals surface area (Å²) in [4.78, 5) is 0. The molecule has 2 bridgehead atoms. The zero-order chi connectivity index (χ0) is 14.6. The van der Waals surface area contributed by atoms with Crippen molar-refractivity contribution in [3.8, 4) is 0 Å². The van der Waals surface area contributed by atoms with E-state index >= 15 is 0 Å². The van der Waals surface area contributed by atoms with E-state index in [9.17, 15) is 4.39 Å². The predicted molar refractivity (Wildman–Crippen MR) is 83.8 cm³/mol. The van der Waals surface area contributed by atoms with Gasteiger partial charge in [-0.15, -0.1) is 0 Å². The number of benzene rings is 1. The molecule has 1 nitrogen and oxygen atoms in total. The molecule has 0 amide bonds. The first-order valence-electron chi connectivity index (χ1n) is 8.34. The maximum atomic E-state index is 13.3. The monoisotopic (exact) mass is 307 g/mol. The normalized spacial score (nSPS) is 38.7. The van der Waals surface area contributed by atoms with Gasteiger partial charge in [0.2, 0.25) is 0 Å². The van der Waals surface area contributed by atoms with Crippen LogP contribution in [0.3, 0.4) is 0 Å². The molecule has 0 radical (unpaired) electrons. The fourth-order valence-corrected chi connectivity index (χ4v) is 5.65. The number of hydrogen-bond acceptors (Lipinski definition) is 1. The van der Waals surface area contributed by atoms with Gasteiger partial charge in [-0.1, -0.05) is 24.1 Å². The Morgan fingerprint density at radius 1 is 1.19 bits per heavy atom. The molecule has 3 aliphatic rings. The molecule has 0 aliphatic heterocycles. The van der Waals surface area contributed by atoms with Gasteiger partial charge in [0.25, 0.3) is 0 Å². The summed E-state index contributed by atoms with van der Waals surface area (Å²) < 4.78 is 13.3. The van der Waals surface area contributed by atoms with Gasteiger partial charge in [0.1, 0.15) is 5.82 Å². The van der Waals surface area contributed by atoms with Crippen molar-refractivity contribution in [1.82, 2.24) is 5.32 Å². The molecule has 21 heavy (non-hydrogen) atoms. The van der Waals surface area contributed by atoms with Gasteiger partial charge in [0.05, 0.1) is 5.02 Å². The van der Waals surface area contributed by atoms with Crippen LogP contribution in [0.4, 0.5) is 4.39 Å². The van der Waals surface area contributed by atoms with Crippen molar-refractivity contribution in [2.45, 2.75) is 51.1 Å². The summed E-state index contributed by atoms with van der Waals surface area (Å²) >= 11 is 5.91. The molecule has 3 aliphatic carbocycles. The first-order chi connectivity index (χ1) is 10.1. The molecule has 0 aromatic heterocycles. The Bertz CT molecular complexity index is 546.